The number of hydrogen-bond donors (Lipinski definition) is 1. The molecule has 0 aliphatic carbocycles. The van der Waals surface area contributed by atoms with Crippen LogP contribution in [0, 0.1) is 13.8 Å². The minimum atomic E-state index is 0.168. The highest BCUT2D eigenvalue weighted by atomic mass is 35.5. The van der Waals surface area contributed by atoms with Gasteiger partial charge in [0.2, 0.25) is 0 Å². The number of rotatable bonds is 5. The number of aryl methyl sites for hydroxylation is 2. The molecule has 112 valence electrons. The van der Waals surface area contributed by atoms with Crippen LogP contribution < -0.4 is 5.32 Å². The summed E-state index contributed by atoms with van der Waals surface area (Å²) < 4.78 is 0. The van der Waals surface area contributed by atoms with Crippen LogP contribution in [0.25, 0.3) is 0 Å². The van der Waals surface area contributed by atoms with E-state index in [-0.39, 0.29) is 6.04 Å². The molecule has 0 amide bonds. The van der Waals surface area contributed by atoms with Crippen LogP contribution in [0.3, 0.4) is 0 Å². The monoisotopic (exact) mass is 321 g/mol. The van der Waals surface area contributed by atoms with E-state index in [1.807, 2.05) is 12.1 Å². The highest BCUT2D eigenvalue weighted by molar-refractivity contribution is 6.42. The molecule has 0 aliphatic rings. The molecule has 0 fully saturated rings. The highest BCUT2D eigenvalue weighted by Crippen LogP contribution is 2.32. The summed E-state index contributed by atoms with van der Waals surface area (Å²) in [6.45, 7) is 7.31. The van der Waals surface area contributed by atoms with Crippen LogP contribution in [0.5, 0.6) is 0 Å². The first kappa shape index (κ1) is 16.4. The van der Waals surface area contributed by atoms with E-state index in [1.54, 1.807) is 0 Å². The molecule has 21 heavy (non-hydrogen) atoms. The van der Waals surface area contributed by atoms with Crippen molar-refractivity contribution in [1.29, 1.82) is 0 Å². The van der Waals surface area contributed by atoms with E-state index in [2.05, 4.69) is 50.4 Å². The maximum Gasteiger partial charge on any atom is 0.0640 e. The zero-order valence-corrected chi connectivity index (χ0v) is 14.2. The molecular weight excluding hydrogens is 301 g/mol. The van der Waals surface area contributed by atoms with Crippen molar-refractivity contribution >= 4 is 23.2 Å². The summed E-state index contributed by atoms with van der Waals surface area (Å²) in [5.41, 5.74) is 5.07. The molecule has 0 aromatic heterocycles. The van der Waals surface area contributed by atoms with Crippen molar-refractivity contribution in [2.75, 3.05) is 6.54 Å². The Kier molecular flexibility index (Phi) is 5.69. The molecule has 1 nitrogen and oxygen atoms in total. The van der Waals surface area contributed by atoms with Crippen LogP contribution in [-0.4, -0.2) is 6.54 Å². The van der Waals surface area contributed by atoms with E-state index in [0.717, 1.165) is 18.5 Å². The molecule has 2 aromatic rings. The van der Waals surface area contributed by atoms with Crippen LogP contribution in [0.4, 0.5) is 0 Å². The SMILES string of the molecule is CCNC(Cc1c(C)cccc1C)c1cccc(Cl)c1Cl. The zero-order valence-electron chi connectivity index (χ0n) is 12.7. The molecule has 0 heterocycles. The van der Waals surface area contributed by atoms with Gasteiger partial charge in [-0.2, -0.15) is 0 Å². The number of benzene rings is 2. The van der Waals surface area contributed by atoms with Gasteiger partial charge in [-0.15, -0.1) is 0 Å². The van der Waals surface area contributed by atoms with Gasteiger partial charge in [0.25, 0.3) is 0 Å². The quantitative estimate of drug-likeness (QED) is 0.766. The Balaban J connectivity index is 2.38. The molecule has 0 saturated carbocycles. The van der Waals surface area contributed by atoms with Crippen LogP contribution in [0.2, 0.25) is 10.0 Å². The van der Waals surface area contributed by atoms with Gasteiger partial charge in [0.15, 0.2) is 0 Å². The first-order valence-corrected chi connectivity index (χ1v) is 8.02. The van der Waals surface area contributed by atoms with Crippen molar-refractivity contribution in [3.8, 4) is 0 Å². The van der Waals surface area contributed by atoms with Crippen LogP contribution in [-0.2, 0) is 6.42 Å². The fraction of sp³-hybridized carbons (Fsp3) is 0.333. The third kappa shape index (κ3) is 3.79. The molecular formula is C18H21Cl2N. The summed E-state index contributed by atoms with van der Waals surface area (Å²) in [7, 11) is 0. The molecule has 0 aliphatic heterocycles. The molecule has 0 saturated heterocycles. The lowest BCUT2D eigenvalue weighted by Crippen LogP contribution is -2.24. The Morgan fingerprint density at radius 2 is 1.62 bits per heavy atom. The number of nitrogens with one attached hydrogen (secondary N) is 1. The highest BCUT2D eigenvalue weighted by Gasteiger charge is 2.17. The fourth-order valence-electron chi connectivity index (χ4n) is 2.70. The van der Waals surface area contributed by atoms with Gasteiger partial charge in [-0.05, 0) is 55.1 Å². The van der Waals surface area contributed by atoms with Crippen molar-refractivity contribution in [1.82, 2.24) is 5.32 Å². The number of halogens is 2. The van der Waals surface area contributed by atoms with Gasteiger partial charge >= 0.3 is 0 Å². The lowest BCUT2D eigenvalue weighted by Gasteiger charge is -2.22. The molecule has 1 unspecified atom stereocenters. The first-order chi connectivity index (χ1) is 10.0. The zero-order chi connectivity index (χ0) is 15.4. The van der Waals surface area contributed by atoms with Crippen molar-refractivity contribution in [3.05, 3.63) is 68.7 Å². The van der Waals surface area contributed by atoms with E-state index < -0.39 is 0 Å². The number of likely N-dealkylation sites (N-methyl/N-ethyl adjacent to an activating group) is 1. The normalized spacial score (nSPS) is 12.4. The van der Waals surface area contributed by atoms with Gasteiger partial charge in [-0.25, -0.2) is 0 Å². The summed E-state index contributed by atoms with van der Waals surface area (Å²) in [4.78, 5) is 0. The Morgan fingerprint density at radius 1 is 1.00 bits per heavy atom. The van der Waals surface area contributed by atoms with E-state index in [9.17, 15) is 0 Å². The fourth-order valence-corrected chi connectivity index (χ4v) is 3.14. The summed E-state index contributed by atoms with van der Waals surface area (Å²) >= 11 is 12.6. The van der Waals surface area contributed by atoms with Crippen molar-refractivity contribution in [3.63, 3.8) is 0 Å². The van der Waals surface area contributed by atoms with E-state index in [4.69, 9.17) is 23.2 Å². The third-order valence-corrected chi connectivity index (χ3v) is 4.69. The molecule has 1 N–H and O–H groups in total. The average Bonchev–Trinajstić information content (AvgIpc) is 2.45. The second kappa shape index (κ2) is 7.31. The van der Waals surface area contributed by atoms with Crippen molar-refractivity contribution < 1.29 is 0 Å². The Hall–Kier alpha value is -1.02. The van der Waals surface area contributed by atoms with Crippen LogP contribution in [0.15, 0.2) is 36.4 Å². The average molecular weight is 322 g/mol. The molecule has 2 rings (SSSR count). The molecule has 2 aromatic carbocycles. The predicted octanol–water partition coefficient (Wildman–Crippen LogP) is 5.50. The smallest absolute Gasteiger partial charge is 0.0640 e. The maximum atomic E-state index is 6.40. The summed E-state index contributed by atoms with van der Waals surface area (Å²) in [5, 5.41) is 4.79. The number of hydrogen-bond acceptors (Lipinski definition) is 1. The largest absolute Gasteiger partial charge is 0.310 e. The lowest BCUT2D eigenvalue weighted by molar-refractivity contribution is 0.548. The first-order valence-electron chi connectivity index (χ1n) is 7.27. The molecule has 1 atom stereocenters. The summed E-state index contributed by atoms with van der Waals surface area (Å²) in [5.74, 6) is 0. The van der Waals surface area contributed by atoms with Gasteiger partial charge in [-0.1, -0.05) is 60.5 Å². The maximum absolute atomic E-state index is 6.40. The predicted molar refractivity (Wildman–Crippen MR) is 92.5 cm³/mol. The molecule has 0 spiro atoms. The second-order valence-electron chi connectivity index (χ2n) is 5.33. The van der Waals surface area contributed by atoms with Crippen LogP contribution in [0.1, 0.15) is 35.2 Å². The Bertz CT molecular complexity index is 602. The van der Waals surface area contributed by atoms with Gasteiger partial charge < -0.3 is 5.32 Å². The van der Waals surface area contributed by atoms with E-state index in [1.165, 1.54) is 16.7 Å². The molecule has 0 bridgehead atoms. The van der Waals surface area contributed by atoms with Gasteiger partial charge in [-0.3, -0.25) is 0 Å². The molecule has 0 radical (unpaired) electrons. The topological polar surface area (TPSA) is 12.0 Å². The van der Waals surface area contributed by atoms with Gasteiger partial charge in [0.1, 0.15) is 0 Å². The summed E-state index contributed by atoms with van der Waals surface area (Å²) in [6, 6.07) is 12.4. The lowest BCUT2D eigenvalue weighted by atomic mass is 9.93. The van der Waals surface area contributed by atoms with Crippen molar-refractivity contribution in [2.45, 2.75) is 33.2 Å². The van der Waals surface area contributed by atoms with Gasteiger partial charge in [0, 0.05) is 6.04 Å². The molecule has 3 heteroatoms. The second-order valence-corrected chi connectivity index (χ2v) is 6.11. The van der Waals surface area contributed by atoms with Crippen molar-refractivity contribution in [2.24, 2.45) is 0 Å². The third-order valence-electron chi connectivity index (χ3n) is 3.86. The van der Waals surface area contributed by atoms with E-state index in [0.29, 0.717) is 10.0 Å². The standard InChI is InChI=1S/C18H21Cl2N/c1-4-21-17(14-9-6-10-16(19)18(14)20)11-15-12(2)7-5-8-13(15)3/h5-10,17,21H,4,11H2,1-3H3. The Morgan fingerprint density at radius 3 is 2.24 bits per heavy atom. The minimum absolute atomic E-state index is 0.168. The summed E-state index contributed by atoms with van der Waals surface area (Å²) in [6.07, 6.45) is 0.909. The minimum Gasteiger partial charge on any atom is -0.310 e. The van der Waals surface area contributed by atoms with E-state index >= 15 is 0 Å². The van der Waals surface area contributed by atoms with Gasteiger partial charge in [0.05, 0.1) is 10.0 Å². The van der Waals surface area contributed by atoms with Crippen LogP contribution >= 0.6 is 23.2 Å². The Labute approximate surface area is 137 Å².